The Hall–Kier alpha value is -0.540. The van der Waals surface area contributed by atoms with Crippen LogP contribution in [0.15, 0.2) is 22.7 Å². The summed E-state index contributed by atoms with van der Waals surface area (Å²) in [6.07, 6.45) is 4.59. The summed E-state index contributed by atoms with van der Waals surface area (Å²) in [4.78, 5) is 0. The molecule has 100 valence electrons. The monoisotopic (exact) mass is 312 g/mol. The molecular weight excluding hydrogens is 292 g/mol. The molecule has 0 heterocycles. The fourth-order valence-electron chi connectivity index (χ4n) is 2.62. The number of hydrogen-bond acceptors (Lipinski definition) is 2. The Balaban J connectivity index is 2.14. The fourth-order valence-corrected chi connectivity index (χ4v) is 2.96. The minimum Gasteiger partial charge on any atom is -0.490 e. The Morgan fingerprint density at radius 3 is 2.83 bits per heavy atom. The van der Waals surface area contributed by atoms with Gasteiger partial charge in [-0.3, -0.25) is 0 Å². The molecule has 1 aromatic rings. The van der Waals surface area contributed by atoms with Crippen molar-refractivity contribution in [2.24, 2.45) is 5.92 Å². The van der Waals surface area contributed by atoms with Gasteiger partial charge in [-0.15, -0.1) is 0 Å². The lowest BCUT2D eigenvalue weighted by Gasteiger charge is -2.28. The van der Waals surface area contributed by atoms with E-state index in [1.807, 2.05) is 18.2 Å². The van der Waals surface area contributed by atoms with Gasteiger partial charge in [-0.1, -0.05) is 35.3 Å². The molecule has 0 aliphatic heterocycles. The largest absolute Gasteiger partial charge is 0.490 e. The highest BCUT2D eigenvalue weighted by Gasteiger charge is 2.21. The normalized spacial score (nSPS) is 25.8. The topological polar surface area (TPSA) is 29.5 Å². The highest BCUT2D eigenvalue weighted by Crippen LogP contribution is 2.33. The summed E-state index contributed by atoms with van der Waals surface area (Å²) in [7, 11) is 0. The Labute approximate surface area is 117 Å². The standard InChI is InChI=1S/C15H21BrO2/c1-10-4-3-5-13(8-10)18-15-9-12(16)6-7-14(15)11(2)17/h6-7,9-11,13,17H,3-5,8H2,1-2H3/t10?,11-,13?/m0/s1. The number of halogens is 1. The first-order chi connectivity index (χ1) is 8.56. The number of ether oxygens (including phenoxy) is 1. The third-order valence-corrected chi connectivity index (χ3v) is 4.10. The van der Waals surface area contributed by atoms with Crippen LogP contribution in [0.1, 0.15) is 51.2 Å². The van der Waals surface area contributed by atoms with E-state index in [9.17, 15) is 5.11 Å². The lowest BCUT2D eigenvalue weighted by atomic mass is 9.88. The summed E-state index contributed by atoms with van der Waals surface area (Å²) in [5, 5.41) is 9.78. The van der Waals surface area contributed by atoms with Crippen LogP contribution >= 0.6 is 15.9 Å². The van der Waals surface area contributed by atoms with Crippen molar-refractivity contribution in [2.75, 3.05) is 0 Å². The van der Waals surface area contributed by atoms with E-state index in [0.29, 0.717) is 6.10 Å². The first kappa shape index (κ1) is 13.9. The molecular formula is C15H21BrO2. The van der Waals surface area contributed by atoms with Gasteiger partial charge >= 0.3 is 0 Å². The molecule has 0 spiro atoms. The molecule has 0 aromatic heterocycles. The summed E-state index contributed by atoms with van der Waals surface area (Å²) in [6.45, 7) is 4.06. The van der Waals surface area contributed by atoms with Crippen molar-refractivity contribution < 1.29 is 9.84 Å². The fraction of sp³-hybridized carbons (Fsp3) is 0.600. The molecule has 0 saturated heterocycles. The Morgan fingerprint density at radius 2 is 2.17 bits per heavy atom. The maximum absolute atomic E-state index is 9.78. The Kier molecular flexibility index (Phi) is 4.68. The number of hydrogen-bond donors (Lipinski definition) is 1. The zero-order valence-corrected chi connectivity index (χ0v) is 12.6. The van der Waals surface area contributed by atoms with Crippen LogP contribution in [0, 0.1) is 5.92 Å². The second-order valence-corrected chi connectivity index (χ2v) is 6.29. The van der Waals surface area contributed by atoms with E-state index >= 15 is 0 Å². The van der Waals surface area contributed by atoms with Crippen molar-refractivity contribution in [3.05, 3.63) is 28.2 Å². The predicted molar refractivity (Wildman–Crippen MR) is 76.8 cm³/mol. The van der Waals surface area contributed by atoms with Gasteiger partial charge in [0.1, 0.15) is 5.75 Å². The van der Waals surface area contributed by atoms with Crippen LogP contribution in [0.2, 0.25) is 0 Å². The van der Waals surface area contributed by atoms with E-state index in [1.165, 1.54) is 12.8 Å². The van der Waals surface area contributed by atoms with Crippen molar-refractivity contribution >= 4 is 15.9 Å². The van der Waals surface area contributed by atoms with Crippen molar-refractivity contribution in [1.82, 2.24) is 0 Å². The third kappa shape index (κ3) is 3.48. The molecule has 2 unspecified atom stereocenters. The average Bonchev–Trinajstić information content (AvgIpc) is 2.28. The number of benzene rings is 1. The maximum atomic E-state index is 9.78. The lowest BCUT2D eigenvalue weighted by molar-refractivity contribution is 0.121. The summed E-state index contributed by atoms with van der Waals surface area (Å²) in [5.41, 5.74) is 0.872. The minimum atomic E-state index is -0.492. The first-order valence-electron chi connectivity index (χ1n) is 6.70. The van der Waals surface area contributed by atoms with Gasteiger partial charge in [0.05, 0.1) is 12.2 Å². The molecule has 0 radical (unpaired) electrons. The van der Waals surface area contributed by atoms with Gasteiger partial charge in [-0.2, -0.15) is 0 Å². The molecule has 1 aliphatic rings. The van der Waals surface area contributed by atoms with Crippen molar-refractivity contribution in [1.29, 1.82) is 0 Å². The first-order valence-corrected chi connectivity index (χ1v) is 7.49. The lowest BCUT2D eigenvalue weighted by Crippen LogP contribution is -2.24. The molecule has 0 bridgehead atoms. The average molecular weight is 313 g/mol. The molecule has 2 nitrogen and oxygen atoms in total. The van der Waals surface area contributed by atoms with Crippen LogP contribution in [0.5, 0.6) is 5.75 Å². The molecule has 1 saturated carbocycles. The van der Waals surface area contributed by atoms with E-state index in [1.54, 1.807) is 6.92 Å². The van der Waals surface area contributed by atoms with E-state index in [0.717, 1.165) is 34.5 Å². The van der Waals surface area contributed by atoms with Crippen LogP contribution in [0.25, 0.3) is 0 Å². The quantitative estimate of drug-likeness (QED) is 0.893. The second kappa shape index (κ2) is 6.07. The van der Waals surface area contributed by atoms with Gasteiger partial charge in [0.25, 0.3) is 0 Å². The van der Waals surface area contributed by atoms with Crippen LogP contribution in [0.3, 0.4) is 0 Å². The van der Waals surface area contributed by atoms with E-state index in [4.69, 9.17) is 4.74 Å². The summed E-state index contributed by atoms with van der Waals surface area (Å²) >= 11 is 3.46. The molecule has 1 aromatic carbocycles. The predicted octanol–water partition coefficient (Wildman–Crippen LogP) is 4.46. The van der Waals surface area contributed by atoms with Gasteiger partial charge in [0.2, 0.25) is 0 Å². The number of aliphatic hydroxyl groups is 1. The molecule has 1 fully saturated rings. The van der Waals surface area contributed by atoms with E-state index in [2.05, 4.69) is 22.9 Å². The summed E-state index contributed by atoms with van der Waals surface area (Å²) < 4.78 is 7.10. The van der Waals surface area contributed by atoms with Gasteiger partial charge < -0.3 is 9.84 Å². The van der Waals surface area contributed by atoms with Crippen LogP contribution in [0.4, 0.5) is 0 Å². The number of aliphatic hydroxyl groups excluding tert-OH is 1. The molecule has 1 aliphatic carbocycles. The molecule has 0 amide bonds. The highest BCUT2D eigenvalue weighted by molar-refractivity contribution is 9.10. The van der Waals surface area contributed by atoms with Crippen molar-refractivity contribution in [3.63, 3.8) is 0 Å². The Bertz CT molecular complexity index is 403. The van der Waals surface area contributed by atoms with E-state index in [-0.39, 0.29) is 0 Å². The SMILES string of the molecule is CC1CCCC(Oc2cc(Br)ccc2[C@H](C)O)C1. The van der Waals surface area contributed by atoms with Crippen LogP contribution in [-0.4, -0.2) is 11.2 Å². The summed E-state index contributed by atoms with van der Waals surface area (Å²) in [6, 6.07) is 5.83. The molecule has 1 N–H and O–H groups in total. The molecule has 3 atom stereocenters. The maximum Gasteiger partial charge on any atom is 0.126 e. The summed E-state index contributed by atoms with van der Waals surface area (Å²) in [5.74, 6) is 1.56. The minimum absolute atomic E-state index is 0.292. The van der Waals surface area contributed by atoms with Gasteiger partial charge in [-0.05, 0) is 44.2 Å². The van der Waals surface area contributed by atoms with Gasteiger partial charge in [0, 0.05) is 10.0 Å². The zero-order valence-electron chi connectivity index (χ0n) is 11.0. The van der Waals surface area contributed by atoms with Gasteiger partial charge in [-0.25, -0.2) is 0 Å². The van der Waals surface area contributed by atoms with Crippen molar-refractivity contribution in [3.8, 4) is 5.75 Å². The third-order valence-electron chi connectivity index (χ3n) is 3.61. The second-order valence-electron chi connectivity index (χ2n) is 5.37. The van der Waals surface area contributed by atoms with Crippen LogP contribution in [-0.2, 0) is 0 Å². The Morgan fingerprint density at radius 1 is 1.39 bits per heavy atom. The van der Waals surface area contributed by atoms with Crippen LogP contribution < -0.4 is 4.74 Å². The molecule has 2 rings (SSSR count). The van der Waals surface area contributed by atoms with Gasteiger partial charge in [0.15, 0.2) is 0 Å². The smallest absolute Gasteiger partial charge is 0.126 e. The van der Waals surface area contributed by atoms with Crippen molar-refractivity contribution in [2.45, 2.75) is 51.7 Å². The molecule has 18 heavy (non-hydrogen) atoms. The molecule has 3 heteroatoms. The zero-order chi connectivity index (χ0) is 13.1. The highest BCUT2D eigenvalue weighted by atomic mass is 79.9. The number of rotatable bonds is 3. The van der Waals surface area contributed by atoms with E-state index < -0.39 is 6.10 Å².